The smallest absolute Gasteiger partial charge is 0.273 e. The average molecular weight is 331 g/mol. The number of halogens is 2. The number of nitrogens with zero attached hydrogens (tertiary/aromatic N) is 3. The number of carbonyl (C=O) groups excluding carboxylic acids is 1. The molecule has 0 aliphatic heterocycles. The van der Waals surface area contributed by atoms with Crippen LogP contribution in [0.4, 0.5) is 4.39 Å². The van der Waals surface area contributed by atoms with Gasteiger partial charge in [-0.15, -0.1) is 5.10 Å². The summed E-state index contributed by atoms with van der Waals surface area (Å²) in [4.78, 5) is 12.1. The summed E-state index contributed by atoms with van der Waals surface area (Å²) >= 11 is 5.81. The number of nitrogens with one attached hydrogen (secondary N) is 1. The molecule has 3 aromatic rings. The third-order valence-corrected chi connectivity index (χ3v) is 3.42. The van der Waals surface area contributed by atoms with Crippen molar-refractivity contribution in [3.63, 3.8) is 0 Å². The largest absolute Gasteiger partial charge is 0.347 e. The Kier molecular flexibility index (Phi) is 4.34. The first-order valence-corrected chi connectivity index (χ1v) is 7.20. The molecule has 0 aliphatic rings. The van der Waals surface area contributed by atoms with E-state index < -0.39 is 0 Å². The van der Waals surface area contributed by atoms with E-state index in [1.165, 1.54) is 23.0 Å². The van der Waals surface area contributed by atoms with E-state index in [-0.39, 0.29) is 17.4 Å². The van der Waals surface area contributed by atoms with E-state index in [2.05, 4.69) is 15.6 Å². The summed E-state index contributed by atoms with van der Waals surface area (Å²) in [6.07, 6.45) is 1.45. The van der Waals surface area contributed by atoms with E-state index >= 15 is 0 Å². The Morgan fingerprint density at radius 3 is 2.74 bits per heavy atom. The van der Waals surface area contributed by atoms with Crippen LogP contribution >= 0.6 is 11.6 Å². The van der Waals surface area contributed by atoms with Crippen LogP contribution in [0.5, 0.6) is 0 Å². The zero-order valence-electron chi connectivity index (χ0n) is 11.9. The zero-order chi connectivity index (χ0) is 16.2. The van der Waals surface area contributed by atoms with E-state index in [4.69, 9.17) is 11.6 Å². The standard InChI is InChI=1S/C16H12ClFN4O/c17-12-6-4-11(5-7-12)9-19-16(23)15-10-22(21-20-15)14-3-1-2-13(18)8-14/h1-8,10H,9H2,(H,19,23). The molecular weight excluding hydrogens is 319 g/mol. The molecular formula is C16H12ClFN4O. The molecule has 0 radical (unpaired) electrons. The third kappa shape index (κ3) is 3.73. The highest BCUT2D eigenvalue weighted by atomic mass is 35.5. The predicted octanol–water partition coefficient (Wildman–Crippen LogP) is 2.99. The molecule has 1 aromatic heterocycles. The molecule has 1 N–H and O–H groups in total. The molecule has 2 aromatic carbocycles. The van der Waals surface area contributed by atoms with Crippen LogP contribution in [0.25, 0.3) is 5.69 Å². The fraction of sp³-hybridized carbons (Fsp3) is 0.0625. The summed E-state index contributed by atoms with van der Waals surface area (Å²) in [5.41, 5.74) is 1.57. The van der Waals surface area contributed by atoms with Crippen LogP contribution in [0.2, 0.25) is 5.02 Å². The van der Waals surface area contributed by atoms with Gasteiger partial charge in [-0.2, -0.15) is 0 Å². The first-order chi connectivity index (χ1) is 11.1. The van der Waals surface area contributed by atoms with Crippen molar-refractivity contribution >= 4 is 17.5 Å². The number of aromatic nitrogens is 3. The molecule has 5 nitrogen and oxygen atoms in total. The topological polar surface area (TPSA) is 59.8 Å². The molecule has 0 aliphatic carbocycles. The zero-order valence-corrected chi connectivity index (χ0v) is 12.7. The second-order valence-electron chi connectivity index (χ2n) is 4.84. The minimum absolute atomic E-state index is 0.156. The van der Waals surface area contributed by atoms with Gasteiger partial charge in [0.25, 0.3) is 5.91 Å². The summed E-state index contributed by atoms with van der Waals surface area (Å²) in [5.74, 6) is -0.741. The molecule has 0 saturated heterocycles. The van der Waals surface area contributed by atoms with Crippen molar-refractivity contribution < 1.29 is 9.18 Å². The summed E-state index contributed by atoms with van der Waals surface area (Å²) in [7, 11) is 0. The maximum absolute atomic E-state index is 13.2. The van der Waals surface area contributed by atoms with Crippen molar-refractivity contribution in [2.75, 3.05) is 0 Å². The lowest BCUT2D eigenvalue weighted by Gasteiger charge is -2.03. The molecule has 1 amide bonds. The first kappa shape index (κ1) is 15.2. The molecule has 0 bridgehead atoms. The van der Waals surface area contributed by atoms with Crippen molar-refractivity contribution in [1.29, 1.82) is 0 Å². The number of amides is 1. The van der Waals surface area contributed by atoms with Gasteiger partial charge in [0, 0.05) is 11.6 Å². The molecule has 0 unspecified atom stereocenters. The Balaban J connectivity index is 1.67. The van der Waals surface area contributed by atoms with Crippen molar-refractivity contribution in [2.45, 2.75) is 6.54 Å². The van der Waals surface area contributed by atoms with Crippen LogP contribution in [-0.2, 0) is 6.54 Å². The van der Waals surface area contributed by atoms with Crippen LogP contribution in [0.1, 0.15) is 16.1 Å². The highest BCUT2D eigenvalue weighted by Crippen LogP contribution is 2.10. The van der Waals surface area contributed by atoms with Crippen LogP contribution < -0.4 is 5.32 Å². The Hall–Kier alpha value is -2.73. The van der Waals surface area contributed by atoms with Crippen LogP contribution in [0, 0.1) is 5.82 Å². The predicted molar refractivity (Wildman–Crippen MR) is 83.9 cm³/mol. The maximum Gasteiger partial charge on any atom is 0.273 e. The average Bonchev–Trinajstić information content (AvgIpc) is 3.04. The highest BCUT2D eigenvalue weighted by Gasteiger charge is 2.11. The molecule has 0 saturated carbocycles. The van der Waals surface area contributed by atoms with Gasteiger partial charge in [0.05, 0.1) is 11.9 Å². The maximum atomic E-state index is 13.2. The van der Waals surface area contributed by atoms with E-state index in [0.29, 0.717) is 17.3 Å². The monoisotopic (exact) mass is 330 g/mol. The Morgan fingerprint density at radius 1 is 1.22 bits per heavy atom. The normalized spacial score (nSPS) is 10.5. The summed E-state index contributed by atoms with van der Waals surface area (Å²) in [6, 6.07) is 13.0. The van der Waals surface area contributed by atoms with Crippen LogP contribution in [-0.4, -0.2) is 20.9 Å². The minimum Gasteiger partial charge on any atom is -0.347 e. The molecule has 3 rings (SSSR count). The minimum atomic E-state index is -0.383. The lowest BCUT2D eigenvalue weighted by Crippen LogP contribution is -2.23. The summed E-state index contributed by atoms with van der Waals surface area (Å²) in [6.45, 7) is 0.350. The lowest BCUT2D eigenvalue weighted by molar-refractivity contribution is 0.0946. The van der Waals surface area contributed by atoms with Gasteiger partial charge in [-0.25, -0.2) is 9.07 Å². The number of benzene rings is 2. The number of hydrogen-bond acceptors (Lipinski definition) is 3. The van der Waals surface area contributed by atoms with Crippen molar-refractivity contribution in [3.8, 4) is 5.69 Å². The second kappa shape index (κ2) is 6.58. The van der Waals surface area contributed by atoms with E-state index in [9.17, 15) is 9.18 Å². The lowest BCUT2D eigenvalue weighted by atomic mass is 10.2. The van der Waals surface area contributed by atoms with Crippen molar-refractivity contribution in [3.05, 3.63) is 76.8 Å². The van der Waals surface area contributed by atoms with Crippen molar-refractivity contribution in [1.82, 2.24) is 20.3 Å². The SMILES string of the molecule is O=C(NCc1ccc(Cl)cc1)c1cn(-c2cccc(F)c2)nn1. The quantitative estimate of drug-likeness (QED) is 0.800. The molecule has 0 atom stereocenters. The van der Waals surface area contributed by atoms with E-state index in [1.54, 1.807) is 24.3 Å². The van der Waals surface area contributed by atoms with Gasteiger partial charge >= 0.3 is 0 Å². The third-order valence-electron chi connectivity index (χ3n) is 3.17. The van der Waals surface area contributed by atoms with Gasteiger partial charge in [-0.1, -0.05) is 35.0 Å². The fourth-order valence-electron chi connectivity index (χ4n) is 1.99. The van der Waals surface area contributed by atoms with Crippen LogP contribution in [0.15, 0.2) is 54.7 Å². The number of rotatable bonds is 4. The second-order valence-corrected chi connectivity index (χ2v) is 5.27. The van der Waals surface area contributed by atoms with Gasteiger partial charge in [0.2, 0.25) is 0 Å². The Labute approximate surface area is 136 Å². The van der Waals surface area contributed by atoms with Crippen LogP contribution in [0.3, 0.4) is 0 Å². The van der Waals surface area contributed by atoms with Crippen molar-refractivity contribution in [2.24, 2.45) is 0 Å². The highest BCUT2D eigenvalue weighted by molar-refractivity contribution is 6.30. The van der Waals surface area contributed by atoms with Gasteiger partial charge < -0.3 is 5.32 Å². The molecule has 116 valence electrons. The Morgan fingerprint density at radius 2 is 2.00 bits per heavy atom. The first-order valence-electron chi connectivity index (χ1n) is 6.83. The fourth-order valence-corrected chi connectivity index (χ4v) is 2.11. The van der Waals surface area contributed by atoms with Gasteiger partial charge in [0.15, 0.2) is 5.69 Å². The molecule has 1 heterocycles. The summed E-state index contributed by atoms with van der Waals surface area (Å²) < 4.78 is 14.6. The van der Waals surface area contributed by atoms with E-state index in [1.807, 2.05) is 12.1 Å². The van der Waals surface area contributed by atoms with Gasteiger partial charge in [0.1, 0.15) is 5.82 Å². The Bertz CT molecular complexity index is 832. The van der Waals surface area contributed by atoms with E-state index in [0.717, 1.165) is 5.56 Å². The molecule has 7 heteroatoms. The molecule has 0 spiro atoms. The number of carbonyl (C=O) groups is 1. The molecule has 23 heavy (non-hydrogen) atoms. The summed E-state index contributed by atoms with van der Waals surface area (Å²) in [5, 5.41) is 11.0. The number of hydrogen-bond donors (Lipinski definition) is 1. The molecule has 0 fully saturated rings. The van der Waals surface area contributed by atoms with Gasteiger partial charge in [-0.3, -0.25) is 4.79 Å². The van der Waals surface area contributed by atoms with Gasteiger partial charge in [-0.05, 0) is 35.9 Å².